The largest absolute Gasteiger partial charge is 0.377 e. The maximum absolute atomic E-state index is 8.43. The highest BCUT2D eigenvalue weighted by Crippen LogP contribution is 1.94. The zero-order valence-corrected chi connectivity index (χ0v) is 6.89. The van der Waals surface area contributed by atoms with Gasteiger partial charge in [-0.2, -0.15) is 5.26 Å². The van der Waals surface area contributed by atoms with Crippen molar-refractivity contribution in [1.29, 1.82) is 5.26 Å². The van der Waals surface area contributed by atoms with Gasteiger partial charge in [-0.15, -0.1) is 0 Å². The minimum atomic E-state index is 0.767. The molecule has 0 aliphatic heterocycles. The Labute approximate surface area is 62.8 Å². The van der Waals surface area contributed by atoms with Crippen LogP contribution >= 0.6 is 0 Å². The van der Waals surface area contributed by atoms with Gasteiger partial charge in [-0.1, -0.05) is 0 Å². The van der Waals surface area contributed by atoms with E-state index in [2.05, 4.69) is 24.8 Å². The van der Waals surface area contributed by atoms with E-state index in [9.17, 15) is 0 Å². The summed E-state index contributed by atoms with van der Waals surface area (Å²) in [5.41, 5.74) is 0.767. The van der Waals surface area contributed by atoms with Crippen molar-refractivity contribution in [3.63, 3.8) is 0 Å². The van der Waals surface area contributed by atoms with Crippen molar-refractivity contribution in [3.8, 4) is 6.07 Å². The first-order valence-electron chi connectivity index (χ1n) is 3.57. The third-order valence-corrected chi connectivity index (χ3v) is 1.36. The summed E-state index contributed by atoms with van der Waals surface area (Å²) in [4.78, 5) is 2.10. The van der Waals surface area contributed by atoms with Gasteiger partial charge in [0, 0.05) is 24.9 Å². The molecule has 0 heterocycles. The molecule has 2 heteroatoms. The van der Waals surface area contributed by atoms with E-state index in [0.717, 1.165) is 18.7 Å². The van der Waals surface area contributed by atoms with Crippen LogP contribution in [-0.4, -0.2) is 18.0 Å². The molecule has 0 unspecified atom stereocenters. The van der Waals surface area contributed by atoms with Crippen LogP contribution in [0.1, 0.15) is 20.8 Å². The fraction of sp³-hybridized carbons (Fsp3) is 0.625. The van der Waals surface area contributed by atoms with Crippen molar-refractivity contribution < 1.29 is 0 Å². The number of hydrogen-bond donors (Lipinski definition) is 0. The number of nitriles is 1. The lowest BCUT2D eigenvalue weighted by Crippen LogP contribution is -2.15. The Morgan fingerprint density at radius 1 is 1.50 bits per heavy atom. The Balaban J connectivity index is 3.96. The second kappa shape index (κ2) is 4.87. The fourth-order valence-electron chi connectivity index (χ4n) is 0.709. The molecule has 0 spiro atoms. The highest BCUT2D eigenvalue weighted by molar-refractivity contribution is 5.16. The molecule has 10 heavy (non-hydrogen) atoms. The first kappa shape index (κ1) is 9.03. The van der Waals surface area contributed by atoms with Crippen molar-refractivity contribution in [2.45, 2.75) is 20.8 Å². The quantitative estimate of drug-likeness (QED) is 0.555. The topological polar surface area (TPSA) is 27.0 Å². The molecule has 0 saturated carbocycles. The van der Waals surface area contributed by atoms with E-state index in [1.165, 1.54) is 0 Å². The van der Waals surface area contributed by atoms with E-state index >= 15 is 0 Å². The van der Waals surface area contributed by atoms with Gasteiger partial charge in [0.15, 0.2) is 0 Å². The molecule has 0 aromatic carbocycles. The standard InChI is InChI=1S/C8H14N2/c1-4-10(5-2)7-8(3)6-9/h7H,4-5H2,1-3H3/b8-7-. The van der Waals surface area contributed by atoms with Crippen molar-refractivity contribution >= 4 is 0 Å². The van der Waals surface area contributed by atoms with Crippen LogP contribution in [0.2, 0.25) is 0 Å². The summed E-state index contributed by atoms with van der Waals surface area (Å²) < 4.78 is 0. The molecule has 0 fully saturated rings. The van der Waals surface area contributed by atoms with Gasteiger partial charge in [0.1, 0.15) is 0 Å². The Morgan fingerprint density at radius 2 is 2.00 bits per heavy atom. The van der Waals surface area contributed by atoms with Gasteiger partial charge in [-0.3, -0.25) is 0 Å². The molecule has 0 aromatic heterocycles. The number of nitrogens with zero attached hydrogens (tertiary/aromatic N) is 2. The molecule has 0 N–H and O–H groups in total. The maximum Gasteiger partial charge on any atom is 0.0959 e. The normalized spacial score (nSPS) is 10.8. The van der Waals surface area contributed by atoms with E-state index in [0.29, 0.717) is 0 Å². The first-order chi connectivity index (χ1) is 4.74. The van der Waals surface area contributed by atoms with Gasteiger partial charge >= 0.3 is 0 Å². The minimum Gasteiger partial charge on any atom is -0.377 e. The molecular formula is C8H14N2. The Morgan fingerprint density at radius 3 is 2.30 bits per heavy atom. The van der Waals surface area contributed by atoms with E-state index in [4.69, 9.17) is 5.26 Å². The summed E-state index contributed by atoms with van der Waals surface area (Å²) >= 11 is 0. The van der Waals surface area contributed by atoms with Crippen LogP contribution in [0.15, 0.2) is 11.8 Å². The third-order valence-electron chi connectivity index (χ3n) is 1.36. The number of allylic oxidation sites excluding steroid dienone is 1. The molecule has 0 radical (unpaired) electrons. The Hall–Kier alpha value is -0.970. The lowest BCUT2D eigenvalue weighted by Gasteiger charge is -2.14. The van der Waals surface area contributed by atoms with E-state index in [1.807, 2.05) is 13.1 Å². The van der Waals surface area contributed by atoms with Crippen molar-refractivity contribution in [3.05, 3.63) is 11.8 Å². The zero-order chi connectivity index (χ0) is 7.98. The monoisotopic (exact) mass is 138 g/mol. The molecule has 0 rings (SSSR count). The van der Waals surface area contributed by atoms with Gasteiger partial charge in [0.05, 0.1) is 6.07 Å². The SMILES string of the molecule is CCN(/C=C(/C)C#N)CC. The van der Waals surface area contributed by atoms with E-state index in [-0.39, 0.29) is 0 Å². The van der Waals surface area contributed by atoms with Crippen LogP contribution in [0.3, 0.4) is 0 Å². The summed E-state index contributed by atoms with van der Waals surface area (Å²) in [7, 11) is 0. The van der Waals surface area contributed by atoms with Gasteiger partial charge in [-0.05, 0) is 20.8 Å². The molecule has 0 aliphatic carbocycles. The Bertz CT molecular complexity index is 149. The smallest absolute Gasteiger partial charge is 0.0959 e. The summed E-state index contributed by atoms with van der Waals surface area (Å²) in [6.45, 7) is 7.90. The van der Waals surface area contributed by atoms with Crippen molar-refractivity contribution in [2.75, 3.05) is 13.1 Å². The van der Waals surface area contributed by atoms with Crippen molar-refractivity contribution in [1.82, 2.24) is 4.90 Å². The predicted octanol–water partition coefficient (Wildman–Crippen LogP) is 1.76. The van der Waals surface area contributed by atoms with Crippen LogP contribution in [0.4, 0.5) is 0 Å². The van der Waals surface area contributed by atoms with Crippen LogP contribution in [0, 0.1) is 11.3 Å². The van der Waals surface area contributed by atoms with Gasteiger partial charge in [0.25, 0.3) is 0 Å². The van der Waals surface area contributed by atoms with Crippen LogP contribution < -0.4 is 0 Å². The second-order valence-electron chi connectivity index (χ2n) is 2.15. The molecular weight excluding hydrogens is 124 g/mol. The van der Waals surface area contributed by atoms with Gasteiger partial charge in [0.2, 0.25) is 0 Å². The zero-order valence-electron chi connectivity index (χ0n) is 6.89. The average Bonchev–Trinajstić information content (AvgIpc) is 1.99. The summed E-state index contributed by atoms with van der Waals surface area (Å²) in [6, 6.07) is 2.08. The lowest BCUT2D eigenvalue weighted by molar-refractivity contribution is 0.417. The van der Waals surface area contributed by atoms with E-state index < -0.39 is 0 Å². The fourth-order valence-corrected chi connectivity index (χ4v) is 0.709. The van der Waals surface area contributed by atoms with Crippen LogP contribution in [0.25, 0.3) is 0 Å². The van der Waals surface area contributed by atoms with E-state index in [1.54, 1.807) is 0 Å². The number of hydrogen-bond acceptors (Lipinski definition) is 2. The number of rotatable bonds is 3. The summed E-state index contributed by atoms with van der Waals surface area (Å²) in [5.74, 6) is 0. The third kappa shape index (κ3) is 3.13. The first-order valence-corrected chi connectivity index (χ1v) is 3.57. The highest BCUT2D eigenvalue weighted by Gasteiger charge is 1.91. The molecule has 0 bridgehead atoms. The van der Waals surface area contributed by atoms with Crippen LogP contribution in [-0.2, 0) is 0 Å². The lowest BCUT2D eigenvalue weighted by atomic mass is 10.3. The molecule has 0 saturated heterocycles. The predicted molar refractivity (Wildman–Crippen MR) is 42.3 cm³/mol. The molecule has 0 amide bonds. The average molecular weight is 138 g/mol. The molecule has 0 aliphatic rings. The molecule has 0 atom stereocenters. The molecule has 2 nitrogen and oxygen atoms in total. The molecule has 56 valence electrons. The maximum atomic E-state index is 8.43. The van der Waals surface area contributed by atoms with Gasteiger partial charge < -0.3 is 4.90 Å². The highest BCUT2D eigenvalue weighted by atomic mass is 15.1. The summed E-state index contributed by atoms with van der Waals surface area (Å²) in [6.07, 6.45) is 1.89. The van der Waals surface area contributed by atoms with Crippen molar-refractivity contribution in [2.24, 2.45) is 0 Å². The second-order valence-corrected chi connectivity index (χ2v) is 2.15. The Kier molecular flexibility index (Phi) is 4.39. The van der Waals surface area contributed by atoms with Crippen LogP contribution in [0.5, 0.6) is 0 Å². The summed E-state index contributed by atoms with van der Waals surface area (Å²) in [5, 5.41) is 8.43. The molecule has 0 aromatic rings. The minimum absolute atomic E-state index is 0.767. The van der Waals surface area contributed by atoms with Gasteiger partial charge in [-0.25, -0.2) is 0 Å².